The number of halogens is 1. The number of benzene rings is 2. The van der Waals surface area contributed by atoms with E-state index in [1.165, 1.54) is 12.8 Å². The lowest BCUT2D eigenvalue weighted by Crippen LogP contribution is -2.19. The minimum atomic E-state index is 0.339. The molecule has 25 heavy (non-hydrogen) atoms. The summed E-state index contributed by atoms with van der Waals surface area (Å²) in [5.74, 6) is 0.691. The molecule has 0 radical (unpaired) electrons. The SMILES string of the molecule is C[C@@H](Nc1c(C#N)nnc2cc(-c3ccc(Br)cc3)ccc12)C1CC1. The minimum absolute atomic E-state index is 0.339. The number of hydrogen-bond acceptors (Lipinski definition) is 4. The molecule has 0 spiro atoms. The van der Waals surface area contributed by atoms with Gasteiger partial charge in [0.05, 0.1) is 11.2 Å². The van der Waals surface area contributed by atoms with Gasteiger partial charge in [-0.15, -0.1) is 10.2 Å². The molecule has 5 heteroatoms. The van der Waals surface area contributed by atoms with Gasteiger partial charge in [0, 0.05) is 15.9 Å². The Labute approximate surface area is 155 Å². The van der Waals surface area contributed by atoms with Crippen molar-refractivity contribution in [3.8, 4) is 17.2 Å². The van der Waals surface area contributed by atoms with Gasteiger partial charge in [-0.1, -0.05) is 34.1 Å². The van der Waals surface area contributed by atoms with Crippen molar-refractivity contribution in [2.45, 2.75) is 25.8 Å². The van der Waals surface area contributed by atoms with Crippen LogP contribution in [0.15, 0.2) is 46.9 Å². The third-order valence-corrected chi connectivity index (χ3v) is 5.27. The molecule has 1 atom stereocenters. The van der Waals surface area contributed by atoms with E-state index in [0.717, 1.165) is 32.2 Å². The maximum atomic E-state index is 9.41. The Morgan fingerprint density at radius 3 is 2.52 bits per heavy atom. The van der Waals surface area contributed by atoms with Crippen molar-refractivity contribution in [1.29, 1.82) is 5.26 Å². The lowest BCUT2D eigenvalue weighted by molar-refractivity contribution is 0.694. The molecule has 0 amide bonds. The van der Waals surface area contributed by atoms with Gasteiger partial charge in [0.1, 0.15) is 6.07 Å². The van der Waals surface area contributed by atoms with Gasteiger partial charge in [-0.2, -0.15) is 5.26 Å². The Morgan fingerprint density at radius 2 is 1.84 bits per heavy atom. The first-order valence-corrected chi connectivity index (χ1v) is 9.18. The van der Waals surface area contributed by atoms with Gasteiger partial charge in [0.2, 0.25) is 0 Å². The van der Waals surface area contributed by atoms with Crippen LogP contribution in [0.5, 0.6) is 0 Å². The van der Waals surface area contributed by atoms with Crippen molar-refractivity contribution >= 4 is 32.5 Å². The van der Waals surface area contributed by atoms with Crippen LogP contribution in [-0.2, 0) is 0 Å². The molecule has 124 valence electrons. The van der Waals surface area contributed by atoms with E-state index in [1.807, 2.05) is 24.3 Å². The Kier molecular flexibility index (Phi) is 4.14. The Balaban J connectivity index is 1.78. The molecule has 4 nitrogen and oxygen atoms in total. The van der Waals surface area contributed by atoms with Gasteiger partial charge < -0.3 is 5.32 Å². The zero-order valence-corrected chi connectivity index (χ0v) is 15.4. The van der Waals surface area contributed by atoms with Gasteiger partial charge in [0.25, 0.3) is 0 Å². The van der Waals surface area contributed by atoms with Crippen LogP contribution in [0, 0.1) is 17.2 Å². The quantitative estimate of drug-likeness (QED) is 0.667. The minimum Gasteiger partial charge on any atom is -0.379 e. The molecule has 1 aliphatic carbocycles. The number of nitriles is 1. The number of nitrogens with one attached hydrogen (secondary N) is 1. The fourth-order valence-electron chi connectivity index (χ4n) is 3.10. The molecular weight excluding hydrogens is 376 g/mol. The maximum absolute atomic E-state index is 9.41. The lowest BCUT2D eigenvalue weighted by atomic mass is 10.0. The van der Waals surface area contributed by atoms with Crippen molar-refractivity contribution in [2.75, 3.05) is 5.32 Å². The van der Waals surface area contributed by atoms with Crippen LogP contribution in [0.4, 0.5) is 5.69 Å². The Bertz CT molecular complexity index is 971. The molecule has 1 aromatic heterocycles. The zero-order chi connectivity index (χ0) is 17.4. The van der Waals surface area contributed by atoms with Gasteiger partial charge in [-0.05, 0) is 61.1 Å². The first kappa shape index (κ1) is 16.0. The average molecular weight is 393 g/mol. The van der Waals surface area contributed by atoms with Crippen molar-refractivity contribution in [3.05, 3.63) is 52.6 Å². The van der Waals surface area contributed by atoms with Crippen molar-refractivity contribution in [2.24, 2.45) is 5.92 Å². The number of fused-ring (bicyclic) bond motifs is 1. The normalized spacial score (nSPS) is 14.9. The van der Waals surface area contributed by atoms with Crippen molar-refractivity contribution in [3.63, 3.8) is 0 Å². The fraction of sp³-hybridized carbons (Fsp3) is 0.250. The molecule has 1 N–H and O–H groups in total. The molecule has 0 saturated heterocycles. The highest BCUT2D eigenvalue weighted by Crippen LogP contribution is 2.36. The highest BCUT2D eigenvalue weighted by molar-refractivity contribution is 9.10. The summed E-state index contributed by atoms with van der Waals surface area (Å²) in [4.78, 5) is 0. The predicted molar refractivity (Wildman–Crippen MR) is 103 cm³/mol. The van der Waals surface area contributed by atoms with E-state index in [0.29, 0.717) is 17.7 Å². The number of hydrogen-bond donors (Lipinski definition) is 1. The fourth-order valence-corrected chi connectivity index (χ4v) is 3.36. The molecular formula is C20H17BrN4. The van der Waals surface area contributed by atoms with Gasteiger partial charge in [-0.25, -0.2) is 0 Å². The second kappa shape index (κ2) is 6.45. The van der Waals surface area contributed by atoms with Crippen molar-refractivity contribution in [1.82, 2.24) is 10.2 Å². The molecule has 1 heterocycles. The van der Waals surface area contributed by atoms with E-state index in [1.54, 1.807) is 0 Å². The van der Waals surface area contributed by atoms with Gasteiger partial charge in [-0.3, -0.25) is 0 Å². The smallest absolute Gasteiger partial charge is 0.186 e. The van der Waals surface area contributed by atoms with Crippen LogP contribution >= 0.6 is 15.9 Å². The summed E-state index contributed by atoms with van der Waals surface area (Å²) < 4.78 is 1.05. The molecule has 0 aliphatic heterocycles. The van der Waals surface area contributed by atoms with Gasteiger partial charge in [0.15, 0.2) is 5.69 Å². The molecule has 3 aromatic rings. The topological polar surface area (TPSA) is 61.6 Å². The van der Waals surface area contributed by atoms with E-state index < -0.39 is 0 Å². The molecule has 0 bridgehead atoms. The summed E-state index contributed by atoms with van der Waals surface area (Å²) in [6.07, 6.45) is 2.50. The second-order valence-electron chi connectivity index (χ2n) is 6.54. The van der Waals surface area contributed by atoms with E-state index in [4.69, 9.17) is 0 Å². The number of rotatable bonds is 4. The predicted octanol–water partition coefficient (Wildman–Crippen LogP) is 5.14. The van der Waals surface area contributed by atoms with Crippen LogP contribution in [0.1, 0.15) is 25.5 Å². The highest BCUT2D eigenvalue weighted by Gasteiger charge is 2.28. The molecule has 0 unspecified atom stereocenters. The summed E-state index contributed by atoms with van der Waals surface area (Å²) in [6, 6.07) is 16.8. The highest BCUT2D eigenvalue weighted by atomic mass is 79.9. The van der Waals surface area contributed by atoms with Crippen molar-refractivity contribution < 1.29 is 0 Å². The maximum Gasteiger partial charge on any atom is 0.186 e. The second-order valence-corrected chi connectivity index (χ2v) is 7.46. The summed E-state index contributed by atoms with van der Waals surface area (Å²) in [5.41, 5.74) is 4.16. The molecule has 1 fully saturated rings. The number of nitrogens with zero attached hydrogens (tertiary/aromatic N) is 3. The zero-order valence-electron chi connectivity index (χ0n) is 13.8. The third kappa shape index (κ3) is 3.22. The van der Waals surface area contributed by atoms with E-state index in [2.05, 4.69) is 62.6 Å². The molecule has 4 rings (SSSR count). The number of aromatic nitrogens is 2. The van der Waals surface area contributed by atoms with Crippen LogP contribution in [0.3, 0.4) is 0 Å². The monoisotopic (exact) mass is 392 g/mol. The first-order valence-electron chi connectivity index (χ1n) is 8.39. The van der Waals surface area contributed by atoms with E-state index in [9.17, 15) is 5.26 Å². The largest absolute Gasteiger partial charge is 0.379 e. The van der Waals surface area contributed by atoms with Gasteiger partial charge >= 0.3 is 0 Å². The lowest BCUT2D eigenvalue weighted by Gasteiger charge is -2.17. The Hall–Kier alpha value is -2.45. The third-order valence-electron chi connectivity index (χ3n) is 4.75. The van der Waals surface area contributed by atoms with Crippen LogP contribution in [0.2, 0.25) is 0 Å². The summed E-state index contributed by atoms with van der Waals surface area (Å²) in [7, 11) is 0. The summed E-state index contributed by atoms with van der Waals surface area (Å²) >= 11 is 3.46. The molecule has 1 aliphatic rings. The molecule has 2 aromatic carbocycles. The van der Waals surface area contributed by atoms with E-state index in [-0.39, 0.29) is 0 Å². The first-order chi connectivity index (χ1) is 12.2. The summed E-state index contributed by atoms with van der Waals surface area (Å²) in [6.45, 7) is 2.17. The summed E-state index contributed by atoms with van der Waals surface area (Å²) in [5, 5.41) is 22.2. The van der Waals surface area contributed by atoms with Crippen LogP contribution in [0.25, 0.3) is 22.0 Å². The Morgan fingerprint density at radius 1 is 1.12 bits per heavy atom. The average Bonchev–Trinajstić information content (AvgIpc) is 3.47. The van der Waals surface area contributed by atoms with Crippen LogP contribution < -0.4 is 5.32 Å². The van der Waals surface area contributed by atoms with E-state index >= 15 is 0 Å². The van der Waals surface area contributed by atoms with Crippen LogP contribution in [-0.4, -0.2) is 16.2 Å². The number of anilines is 1. The molecule has 1 saturated carbocycles. The standard InChI is InChI=1S/C20H17BrN4/c1-12(13-2-3-13)23-20-17-9-6-15(14-4-7-16(21)8-5-14)10-18(17)24-25-19(20)11-22/h4-10,12-13H,2-3H2,1H3,(H,23,24)/t12-/m1/s1.